The zero-order valence-electron chi connectivity index (χ0n) is 10.1. The first kappa shape index (κ1) is 13.3. The number of likely N-dealkylation sites (tertiary alicyclic amines) is 1. The molecule has 0 spiro atoms. The average Bonchev–Trinajstić information content (AvgIpc) is 2.67. The summed E-state index contributed by atoms with van der Waals surface area (Å²) >= 11 is 5.73. The summed E-state index contributed by atoms with van der Waals surface area (Å²) in [6, 6.07) is 4.81. The lowest BCUT2D eigenvalue weighted by Gasteiger charge is -2.23. The first-order valence-electron chi connectivity index (χ1n) is 5.90. The molecule has 1 fully saturated rings. The maximum absolute atomic E-state index is 13.8. The molecule has 1 saturated heterocycles. The van der Waals surface area contributed by atoms with Crippen LogP contribution in [0.2, 0.25) is 5.02 Å². The van der Waals surface area contributed by atoms with Gasteiger partial charge in [0, 0.05) is 18.2 Å². The molecule has 1 aromatic rings. The van der Waals surface area contributed by atoms with Crippen molar-refractivity contribution in [3.63, 3.8) is 0 Å². The van der Waals surface area contributed by atoms with Gasteiger partial charge in [-0.05, 0) is 26.0 Å². The lowest BCUT2D eigenvalue weighted by atomic mass is 10.0. The Morgan fingerprint density at radius 3 is 2.94 bits per heavy atom. The van der Waals surface area contributed by atoms with Crippen molar-refractivity contribution in [1.82, 2.24) is 4.90 Å². The van der Waals surface area contributed by atoms with E-state index in [4.69, 9.17) is 16.7 Å². The van der Waals surface area contributed by atoms with Crippen LogP contribution in [0.4, 0.5) is 4.39 Å². The molecule has 5 heteroatoms. The zero-order valence-corrected chi connectivity index (χ0v) is 10.8. The van der Waals surface area contributed by atoms with E-state index in [1.54, 1.807) is 12.1 Å². The third-order valence-electron chi connectivity index (χ3n) is 3.61. The highest BCUT2D eigenvalue weighted by atomic mass is 35.5. The van der Waals surface area contributed by atoms with Crippen LogP contribution < -0.4 is 0 Å². The minimum atomic E-state index is -0.781. The second-order valence-electron chi connectivity index (χ2n) is 4.66. The van der Waals surface area contributed by atoms with E-state index in [1.807, 2.05) is 11.8 Å². The van der Waals surface area contributed by atoms with Crippen molar-refractivity contribution in [2.24, 2.45) is 5.92 Å². The molecule has 0 saturated carbocycles. The van der Waals surface area contributed by atoms with E-state index in [-0.39, 0.29) is 17.0 Å². The summed E-state index contributed by atoms with van der Waals surface area (Å²) in [5.41, 5.74) is 0.514. The summed E-state index contributed by atoms with van der Waals surface area (Å²) in [4.78, 5) is 13.0. The number of benzene rings is 1. The minimum Gasteiger partial charge on any atom is -0.481 e. The fourth-order valence-electron chi connectivity index (χ4n) is 2.45. The Kier molecular flexibility index (Phi) is 3.88. The molecule has 98 valence electrons. The van der Waals surface area contributed by atoms with Crippen molar-refractivity contribution >= 4 is 17.6 Å². The highest BCUT2D eigenvalue weighted by Gasteiger charge is 2.35. The quantitative estimate of drug-likeness (QED) is 0.919. The fourth-order valence-corrected chi connectivity index (χ4v) is 2.64. The summed E-state index contributed by atoms with van der Waals surface area (Å²) in [7, 11) is 0. The molecule has 1 N–H and O–H groups in total. The number of rotatable bonds is 3. The normalized spacial score (nSPS) is 24.4. The summed E-state index contributed by atoms with van der Waals surface area (Å²) in [5.74, 6) is -1.56. The van der Waals surface area contributed by atoms with Crippen LogP contribution >= 0.6 is 11.6 Å². The first-order chi connectivity index (χ1) is 8.50. The molecular formula is C13H15ClFNO2. The standard InChI is InChI=1S/C13H15ClFNO2/c1-8-10(13(17)18)5-6-16(8)7-9-3-2-4-11(14)12(9)15/h2-4,8,10H,5-7H2,1H3,(H,17,18). The molecule has 2 atom stereocenters. The van der Waals surface area contributed by atoms with E-state index < -0.39 is 11.8 Å². The van der Waals surface area contributed by atoms with Crippen LogP contribution in [-0.4, -0.2) is 28.6 Å². The summed E-state index contributed by atoms with van der Waals surface area (Å²) in [5, 5.41) is 9.15. The van der Waals surface area contributed by atoms with Gasteiger partial charge in [-0.25, -0.2) is 4.39 Å². The van der Waals surface area contributed by atoms with E-state index in [0.29, 0.717) is 25.1 Å². The van der Waals surface area contributed by atoms with Gasteiger partial charge in [0.05, 0.1) is 10.9 Å². The van der Waals surface area contributed by atoms with Gasteiger partial charge in [0.15, 0.2) is 0 Å². The third kappa shape index (κ3) is 2.49. The van der Waals surface area contributed by atoms with Gasteiger partial charge in [0.1, 0.15) is 5.82 Å². The van der Waals surface area contributed by atoms with Gasteiger partial charge in [-0.1, -0.05) is 23.7 Å². The molecule has 1 aromatic carbocycles. The first-order valence-corrected chi connectivity index (χ1v) is 6.28. The lowest BCUT2D eigenvalue weighted by Crippen LogP contribution is -2.32. The Balaban J connectivity index is 2.11. The van der Waals surface area contributed by atoms with Gasteiger partial charge in [-0.3, -0.25) is 9.69 Å². The Bertz CT molecular complexity index is 466. The summed E-state index contributed by atoms with van der Waals surface area (Å²) in [6.07, 6.45) is 0.610. The SMILES string of the molecule is CC1C(C(=O)O)CCN1Cc1cccc(Cl)c1F. The second kappa shape index (κ2) is 5.24. The molecule has 1 aliphatic rings. The summed E-state index contributed by atoms with van der Waals surface area (Å²) < 4.78 is 13.8. The third-order valence-corrected chi connectivity index (χ3v) is 3.90. The van der Waals surface area contributed by atoms with Gasteiger partial charge in [0.25, 0.3) is 0 Å². The largest absolute Gasteiger partial charge is 0.481 e. The number of carboxylic acids is 1. The number of hydrogen-bond donors (Lipinski definition) is 1. The van der Waals surface area contributed by atoms with Crippen molar-refractivity contribution < 1.29 is 14.3 Å². The van der Waals surface area contributed by atoms with Crippen molar-refractivity contribution in [2.75, 3.05) is 6.54 Å². The van der Waals surface area contributed by atoms with Crippen LogP contribution in [0.15, 0.2) is 18.2 Å². The van der Waals surface area contributed by atoms with Crippen LogP contribution in [-0.2, 0) is 11.3 Å². The van der Waals surface area contributed by atoms with Crippen LogP contribution in [0, 0.1) is 11.7 Å². The van der Waals surface area contributed by atoms with Gasteiger partial charge >= 0.3 is 5.97 Å². The van der Waals surface area contributed by atoms with Crippen LogP contribution in [0.3, 0.4) is 0 Å². The highest BCUT2D eigenvalue weighted by molar-refractivity contribution is 6.30. The smallest absolute Gasteiger partial charge is 0.308 e. The molecule has 18 heavy (non-hydrogen) atoms. The van der Waals surface area contributed by atoms with Crippen molar-refractivity contribution in [1.29, 1.82) is 0 Å². The zero-order chi connectivity index (χ0) is 13.3. The van der Waals surface area contributed by atoms with Gasteiger partial charge in [-0.2, -0.15) is 0 Å². The van der Waals surface area contributed by atoms with Gasteiger partial charge in [0.2, 0.25) is 0 Å². The molecular weight excluding hydrogens is 257 g/mol. The molecule has 0 bridgehead atoms. The highest BCUT2D eigenvalue weighted by Crippen LogP contribution is 2.27. The Hall–Kier alpha value is -1.13. The molecule has 0 radical (unpaired) electrons. The van der Waals surface area contributed by atoms with Crippen molar-refractivity contribution in [3.05, 3.63) is 34.6 Å². The average molecular weight is 272 g/mol. The van der Waals surface area contributed by atoms with Crippen LogP contribution in [0.1, 0.15) is 18.9 Å². The predicted octanol–water partition coefficient (Wildman–Crippen LogP) is 2.77. The number of carboxylic acid groups (broad SMARTS) is 1. The molecule has 2 rings (SSSR count). The van der Waals surface area contributed by atoms with Gasteiger partial charge < -0.3 is 5.11 Å². The monoisotopic (exact) mass is 271 g/mol. The number of nitrogens with zero attached hydrogens (tertiary/aromatic N) is 1. The topological polar surface area (TPSA) is 40.5 Å². The molecule has 3 nitrogen and oxygen atoms in total. The Morgan fingerprint density at radius 2 is 2.33 bits per heavy atom. The van der Waals surface area contributed by atoms with E-state index in [0.717, 1.165) is 0 Å². The molecule has 1 heterocycles. The van der Waals surface area contributed by atoms with E-state index in [9.17, 15) is 9.18 Å². The Morgan fingerprint density at radius 1 is 1.61 bits per heavy atom. The van der Waals surface area contributed by atoms with Crippen LogP contribution in [0.5, 0.6) is 0 Å². The molecule has 2 unspecified atom stereocenters. The molecule has 0 amide bonds. The predicted molar refractivity (Wildman–Crippen MR) is 67.0 cm³/mol. The van der Waals surface area contributed by atoms with Crippen LogP contribution in [0.25, 0.3) is 0 Å². The number of halogens is 2. The second-order valence-corrected chi connectivity index (χ2v) is 5.06. The Labute approximate surface area is 110 Å². The maximum atomic E-state index is 13.8. The van der Waals surface area contributed by atoms with E-state index in [2.05, 4.69) is 0 Å². The summed E-state index contributed by atoms with van der Waals surface area (Å²) in [6.45, 7) is 2.94. The number of aliphatic carboxylic acids is 1. The molecule has 0 aliphatic carbocycles. The number of carbonyl (C=O) groups is 1. The maximum Gasteiger partial charge on any atom is 0.308 e. The van der Waals surface area contributed by atoms with E-state index >= 15 is 0 Å². The van der Waals surface area contributed by atoms with E-state index in [1.165, 1.54) is 6.07 Å². The lowest BCUT2D eigenvalue weighted by molar-refractivity contribution is -0.142. The number of hydrogen-bond acceptors (Lipinski definition) is 2. The van der Waals surface area contributed by atoms with Crippen molar-refractivity contribution in [2.45, 2.75) is 25.9 Å². The van der Waals surface area contributed by atoms with Crippen molar-refractivity contribution in [3.8, 4) is 0 Å². The van der Waals surface area contributed by atoms with Gasteiger partial charge in [-0.15, -0.1) is 0 Å². The fraction of sp³-hybridized carbons (Fsp3) is 0.462. The minimum absolute atomic E-state index is 0.0825. The molecule has 0 aromatic heterocycles. The molecule has 1 aliphatic heterocycles.